The van der Waals surface area contributed by atoms with Gasteiger partial charge in [0.15, 0.2) is 0 Å². The largest absolute Gasteiger partial charge is 0.497 e. The van der Waals surface area contributed by atoms with Crippen molar-refractivity contribution in [3.8, 4) is 17.0 Å². The molecule has 0 aliphatic carbocycles. The third-order valence-corrected chi connectivity index (χ3v) is 5.04. The molecule has 0 spiro atoms. The maximum Gasteiger partial charge on any atom is 0.256 e. The summed E-state index contributed by atoms with van der Waals surface area (Å²) in [6.07, 6.45) is 0. The number of pyridine rings is 1. The van der Waals surface area contributed by atoms with E-state index in [0.717, 1.165) is 33.5 Å². The van der Waals surface area contributed by atoms with Crippen LogP contribution in [0.3, 0.4) is 0 Å². The molecule has 0 atom stereocenters. The summed E-state index contributed by atoms with van der Waals surface area (Å²) in [5.41, 5.74) is 4.51. The number of benzene rings is 3. The summed E-state index contributed by atoms with van der Waals surface area (Å²) in [6.45, 7) is 1.92. The molecule has 0 aliphatic rings. The van der Waals surface area contributed by atoms with Gasteiger partial charge in [0.05, 0.1) is 23.9 Å². The molecule has 4 nitrogen and oxygen atoms in total. The Hall–Kier alpha value is -3.37. The molecule has 1 aromatic heterocycles. The van der Waals surface area contributed by atoms with Gasteiger partial charge in [0.1, 0.15) is 5.75 Å². The van der Waals surface area contributed by atoms with Crippen LogP contribution < -0.4 is 10.1 Å². The Balaban J connectivity index is 1.85. The van der Waals surface area contributed by atoms with Crippen LogP contribution in [0.2, 0.25) is 5.02 Å². The second-order valence-corrected chi connectivity index (χ2v) is 7.11. The summed E-state index contributed by atoms with van der Waals surface area (Å²) in [7, 11) is 1.63. The normalized spacial score (nSPS) is 10.7. The van der Waals surface area contributed by atoms with E-state index < -0.39 is 0 Å². The lowest BCUT2D eigenvalue weighted by Gasteiger charge is -2.15. The Morgan fingerprint density at radius 1 is 1.00 bits per heavy atom. The lowest BCUT2D eigenvalue weighted by Crippen LogP contribution is -2.15. The first kappa shape index (κ1) is 19.0. The zero-order valence-electron chi connectivity index (χ0n) is 16.1. The minimum atomic E-state index is -0.196. The highest BCUT2D eigenvalue weighted by molar-refractivity contribution is 6.31. The number of fused-ring (bicyclic) bond motifs is 1. The Bertz CT molecular complexity index is 1200. The summed E-state index contributed by atoms with van der Waals surface area (Å²) < 4.78 is 5.25. The van der Waals surface area contributed by atoms with E-state index in [-0.39, 0.29) is 5.91 Å². The molecule has 0 fully saturated rings. The fraction of sp³-hybridized carbons (Fsp3) is 0.0833. The molecule has 4 aromatic rings. The van der Waals surface area contributed by atoms with Gasteiger partial charge in [-0.15, -0.1) is 0 Å². The molecule has 3 aromatic carbocycles. The molecule has 0 aliphatic heterocycles. The average Bonchev–Trinajstić information content (AvgIpc) is 2.73. The van der Waals surface area contributed by atoms with E-state index in [1.807, 2.05) is 61.5 Å². The van der Waals surface area contributed by atoms with E-state index in [0.29, 0.717) is 16.3 Å². The van der Waals surface area contributed by atoms with Crippen molar-refractivity contribution in [1.82, 2.24) is 4.98 Å². The van der Waals surface area contributed by atoms with E-state index in [2.05, 4.69) is 5.32 Å². The number of para-hydroxylation sites is 1. The van der Waals surface area contributed by atoms with Gasteiger partial charge in [0, 0.05) is 21.7 Å². The van der Waals surface area contributed by atoms with Crippen molar-refractivity contribution in [3.63, 3.8) is 0 Å². The molecule has 144 valence electrons. The molecule has 0 radical (unpaired) electrons. The average molecular weight is 403 g/mol. The fourth-order valence-corrected chi connectivity index (χ4v) is 3.58. The van der Waals surface area contributed by atoms with E-state index >= 15 is 0 Å². The fourth-order valence-electron chi connectivity index (χ4n) is 3.39. The molecule has 4 rings (SSSR count). The van der Waals surface area contributed by atoms with Crippen molar-refractivity contribution < 1.29 is 9.53 Å². The molecule has 1 heterocycles. The van der Waals surface area contributed by atoms with Crippen LogP contribution in [0.4, 0.5) is 5.69 Å². The first-order chi connectivity index (χ1) is 14.1. The Morgan fingerprint density at radius 3 is 2.48 bits per heavy atom. The van der Waals surface area contributed by atoms with Gasteiger partial charge in [-0.2, -0.15) is 0 Å². The van der Waals surface area contributed by atoms with Crippen molar-refractivity contribution in [3.05, 3.63) is 88.9 Å². The standard InChI is InChI=1S/C24H19ClN2O2/c1-15-22(24(28)26-18-7-5-6-17(25)14-18)20-8-3-4-9-21(20)27-23(15)16-10-12-19(29-2)13-11-16/h3-14H,1-2H3,(H,26,28). The van der Waals surface area contributed by atoms with E-state index in [9.17, 15) is 4.79 Å². The van der Waals surface area contributed by atoms with Crippen molar-refractivity contribution >= 4 is 34.1 Å². The number of amides is 1. The van der Waals surface area contributed by atoms with Gasteiger partial charge >= 0.3 is 0 Å². The summed E-state index contributed by atoms with van der Waals surface area (Å²) in [5.74, 6) is 0.573. The van der Waals surface area contributed by atoms with Crippen molar-refractivity contribution in [2.75, 3.05) is 12.4 Å². The first-order valence-electron chi connectivity index (χ1n) is 9.17. The topological polar surface area (TPSA) is 51.2 Å². The quantitative estimate of drug-likeness (QED) is 0.447. The smallest absolute Gasteiger partial charge is 0.256 e. The van der Waals surface area contributed by atoms with Crippen LogP contribution in [0.1, 0.15) is 15.9 Å². The molecule has 0 saturated heterocycles. The monoisotopic (exact) mass is 402 g/mol. The second kappa shape index (κ2) is 7.94. The number of nitrogens with zero attached hydrogens (tertiary/aromatic N) is 1. The molecule has 29 heavy (non-hydrogen) atoms. The Morgan fingerprint density at radius 2 is 1.76 bits per heavy atom. The Labute approximate surface area is 174 Å². The number of hydrogen-bond donors (Lipinski definition) is 1. The predicted molar refractivity (Wildman–Crippen MR) is 118 cm³/mol. The van der Waals surface area contributed by atoms with Crippen LogP contribution in [0.15, 0.2) is 72.8 Å². The zero-order valence-corrected chi connectivity index (χ0v) is 16.8. The second-order valence-electron chi connectivity index (χ2n) is 6.67. The summed E-state index contributed by atoms with van der Waals surface area (Å²) in [6, 6.07) is 22.4. The van der Waals surface area contributed by atoms with E-state index in [4.69, 9.17) is 21.3 Å². The first-order valence-corrected chi connectivity index (χ1v) is 9.55. The summed E-state index contributed by atoms with van der Waals surface area (Å²) in [4.78, 5) is 18.1. The van der Waals surface area contributed by atoms with Crippen LogP contribution in [-0.2, 0) is 0 Å². The lowest BCUT2D eigenvalue weighted by atomic mass is 9.97. The van der Waals surface area contributed by atoms with Gasteiger partial charge in [0.25, 0.3) is 5.91 Å². The number of anilines is 1. The highest BCUT2D eigenvalue weighted by Crippen LogP contribution is 2.31. The molecule has 1 amide bonds. The third kappa shape index (κ3) is 3.80. The number of nitrogens with one attached hydrogen (secondary N) is 1. The van der Waals surface area contributed by atoms with Crippen LogP contribution in [-0.4, -0.2) is 18.0 Å². The van der Waals surface area contributed by atoms with Gasteiger partial charge in [-0.25, -0.2) is 4.98 Å². The van der Waals surface area contributed by atoms with Crippen molar-refractivity contribution in [2.45, 2.75) is 6.92 Å². The number of aromatic nitrogens is 1. The number of rotatable bonds is 4. The summed E-state index contributed by atoms with van der Waals surface area (Å²) >= 11 is 6.06. The summed E-state index contributed by atoms with van der Waals surface area (Å²) in [5, 5.41) is 4.33. The third-order valence-electron chi connectivity index (χ3n) is 4.81. The number of methoxy groups -OCH3 is 1. The molecule has 0 unspecified atom stereocenters. The SMILES string of the molecule is COc1ccc(-c2nc3ccccc3c(C(=O)Nc3cccc(Cl)c3)c2C)cc1. The molecule has 5 heteroatoms. The molecule has 1 N–H and O–H groups in total. The highest BCUT2D eigenvalue weighted by Gasteiger charge is 2.19. The lowest BCUT2D eigenvalue weighted by molar-refractivity contribution is 0.102. The zero-order chi connectivity index (χ0) is 20.4. The van der Waals surface area contributed by atoms with Gasteiger partial charge in [-0.3, -0.25) is 4.79 Å². The van der Waals surface area contributed by atoms with Gasteiger partial charge in [0.2, 0.25) is 0 Å². The van der Waals surface area contributed by atoms with E-state index in [1.54, 1.807) is 25.3 Å². The molecular weight excluding hydrogens is 384 g/mol. The number of halogens is 1. The highest BCUT2D eigenvalue weighted by atomic mass is 35.5. The van der Waals surface area contributed by atoms with Crippen molar-refractivity contribution in [2.24, 2.45) is 0 Å². The minimum Gasteiger partial charge on any atom is -0.497 e. The number of carbonyl (C=O) groups excluding carboxylic acids is 1. The van der Waals surface area contributed by atoms with Gasteiger partial charge < -0.3 is 10.1 Å². The van der Waals surface area contributed by atoms with Crippen LogP contribution in [0, 0.1) is 6.92 Å². The molecule has 0 bridgehead atoms. The van der Waals surface area contributed by atoms with Gasteiger partial charge in [-0.1, -0.05) is 35.9 Å². The maximum absolute atomic E-state index is 13.2. The molecule has 0 saturated carbocycles. The Kier molecular flexibility index (Phi) is 5.19. The number of ether oxygens (including phenoxy) is 1. The minimum absolute atomic E-state index is 0.196. The van der Waals surface area contributed by atoms with Crippen LogP contribution in [0.25, 0.3) is 22.2 Å². The van der Waals surface area contributed by atoms with E-state index in [1.165, 1.54) is 0 Å². The predicted octanol–water partition coefficient (Wildman–Crippen LogP) is 6.12. The maximum atomic E-state index is 13.2. The van der Waals surface area contributed by atoms with Crippen LogP contribution >= 0.6 is 11.6 Å². The van der Waals surface area contributed by atoms with Crippen molar-refractivity contribution in [1.29, 1.82) is 0 Å². The van der Waals surface area contributed by atoms with Crippen LogP contribution in [0.5, 0.6) is 5.75 Å². The number of hydrogen-bond acceptors (Lipinski definition) is 3. The van der Waals surface area contributed by atoms with Gasteiger partial charge in [-0.05, 0) is 61.0 Å². The number of carbonyl (C=O) groups is 1. The molecular formula is C24H19ClN2O2.